The van der Waals surface area contributed by atoms with Gasteiger partial charge in [0.05, 0.1) is 11.4 Å². The molecule has 1 N–H and O–H groups in total. The molecule has 0 saturated heterocycles. The summed E-state index contributed by atoms with van der Waals surface area (Å²) in [6.07, 6.45) is 0. The summed E-state index contributed by atoms with van der Waals surface area (Å²) in [5.74, 6) is 0. The molecule has 4 nitrogen and oxygen atoms in total. The standard InChI is InChI=1S/C11H11ClN2O2S2/c1-7-3-6-11(17-7)18(15,16)14-9-4-5-10(12)13-8(9)2/h3-6,14H,1-2H3. The number of rotatable bonds is 3. The molecule has 2 aromatic rings. The second-order valence-corrected chi connectivity index (χ2v) is 7.32. The average molecular weight is 303 g/mol. The Hall–Kier alpha value is -1.11. The topological polar surface area (TPSA) is 59.1 Å². The van der Waals surface area contributed by atoms with Gasteiger partial charge in [-0.05, 0) is 38.1 Å². The normalized spacial score (nSPS) is 11.5. The maximum Gasteiger partial charge on any atom is 0.271 e. The SMILES string of the molecule is Cc1ccc(S(=O)(=O)Nc2ccc(Cl)nc2C)s1. The van der Waals surface area contributed by atoms with Crippen molar-refractivity contribution in [2.24, 2.45) is 0 Å². The molecule has 0 aromatic carbocycles. The number of anilines is 1. The summed E-state index contributed by atoms with van der Waals surface area (Å²) in [6, 6.07) is 6.50. The van der Waals surface area contributed by atoms with Crippen LogP contribution in [0.2, 0.25) is 5.15 Å². The fourth-order valence-corrected chi connectivity index (χ4v) is 3.98. The maximum absolute atomic E-state index is 12.1. The second kappa shape index (κ2) is 4.87. The van der Waals surface area contributed by atoms with Gasteiger partial charge in [0.15, 0.2) is 0 Å². The van der Waals surface area contributed by atoms with Gasteiger partial charge in [0.1, 0.15) is 9.36 Å². The Morgan fingerprint density at radius 3 is 2.50 bits per heavy atom. The predicted octanol–water partition coefficient (Wildman–Crippen LogP) is 3.21. The van der Waals surface area contributed by atoms with E-state index in [2.05, 4.69) is 9.71 Å². The first-order valence-electron chi connectivity index (χ1n) is 5.11. The van der Waals surface area contributed by atoms with Crippen LogP contribution in [-0.2, 0) is 10.0 Å². The molecule has 0 radical (unpaired) electrons. The van der Waals surface area contributed by atoms with Crippen molar-refractivity contribution < 1.29 is 8.42 Å². The molecule has 0 unspecified atom stereocenters. The first-order chi connectivity index (χ1) is 8.38. The van der Waals surface area contributed by atoms with E-state index in [0.717, 1.165) is 4.88 Å². The number of nitrogens with one attached hydrogen (secondary N) is 1. The number of sulfonamides is 1. The summed E-state index contributed by atoms with van der Waals surface area (Å²) in [5.41, 5.74) is 0.977. The van der Waals surface area contributed by atoms with Crippen LogP contribution in [0, 0.1) is 13.8 Å². The van der Waals surface area contributed by atoms with Crippen LogP contribution in [0.5, 0.6) is 0 Å². The van der Waals surface area contributed by atoms with Crippen molar-refractivity contribution in [2.75, 3.05) is 4.72 Å². The lowest BCUT2D eigenvalue weighted by molar-refractivity contribution is 0.603. The third-order valence-electron chi connectivity index (χ3n) is 2.28. The summed E-state index contributed by atoms with van der Waals surface area (Å²) >= 11 is 6.95. The van der Waals surface area contributed by atoms with Gasteiger partial charge in [0.25, 0.3) is 10.0 Å². The molecule has 0 saturated carbocycles. The minimum atomic E-state index is -3.54. The van der Waals surface area contributed by atoms with E-state index in [4.69, 9.17) is 11.6 Å². The van der Waals surface area contributed by atoms with Gasteiger partial charge in [-0.3, -0.25) is 4.72 Å². The molecular formula is C11H11ClN2O2S2. The highest BCUT2D eigenvalue weighted by Crippen LogP contribution is 2.24. The summed E-state index contributed by atoms with van der Waals surface area (Å²) in [7, 11) is -3.54. The van der Waals surface area contributed by atoms with Gasteiger partial charge < -0.3 is 0 Å². The molecule has 0 aliphatic rings. The van der Waals surface area contributed by atoms with Crippen LogP contribution in [0.3, 0.4) is 0 Å². The highest BCUT2D eigenvalue weighted by atomic mass is 35.5. The van der Waals surface area contributed by atoms with Gasteiger partial charge in [-0.1, -0.05) is 11.6 Å². The van der Waals surface area contributed by atoms with Crippen LogP contribution in [0.4, 0.5) is 5.69 Å². The Kier molecular flexibility index (Phi) is 3.61. The molecule has 0 aliphatic heterocycles. The van der Waals surface area contributed by atoms with Crippen LogP contribution in [0.1, 0.15) is 10.6 Å². The largest absolute Gasteiger partial charge is 0.277 e. The zero-order valence-electron chi connectivity index (χ0n) is 9.77. The number of halogens is 1. The molecule has 2 rings (SSSR count). The average Bonchev–Trinajstić information content (AvgIpc) is 2.70. The van der Waals surface area contributed by atoms with Gasteiger partial charge >= 0.3 is 0 Å². The van der Waals surface area contributed by atoms with E-state index in [1.54, 1.807) is 31.2 Å². The molecule has 96 valence electrons. The Morgan fingerprint density at radius 2 is 1.94 bits per heavy atom. The van der Waals surface area contributed by atoms with Crippen molar-refractivity contribution in [3.8, 4) is 0 Å². The van der Waals surface area contributed by atoms with Crippen molar-refractivity contribution in [2.45, 2.75) is 18.1 Å². The van der Waals surface area contributed by atoms with Crippen LogP contribution in [0.15, 0.2) is 28.5 Å². The Morgan fingerprint density at radius 1 is 1.22 bits per heavy atom. The lowest BCUT2D eigenvalue weighted by atomic mass is 10.3. The van der Waals surface area contributed by atoms with Crippen LogP contribution < -0.4 is 4.72 Å². The van der Waals surface area contributed by atoms with Crippen molar-refractivity contribution in [1.82, 2.24) is 4.98 Å². The highest BCUT2D eigenvalue weighted by molar-refractivity contribution is 7.94. The van der Waals surface area contributed by atoms with Crippen LogP contribution in [-0.4, -0.2) is 13.4 Å². The summed E-state index contributed by atoms with van der Waals surface area (Å²) in [5, 5.41) is 0.336. The fourth-order valence-electron chi connectivity index (χ4n) is 1.39. The van der Waals surface area contributed by atoms with E-state index in [1.165, 1.54) is 11.3 Å². The van der Waals surface area contributed by atoms with E-state index in [0.29, 0.717) is 16.5 Å². The maximum atomic E-state index is 12.1. The van der Waals surface area contributed by atoms with E-state index in [-0.39, 0.29) is 4.21 Å². The van der Waals surface area contributed by atoms with Crippen LogP contribution >= 0.6 is 22.9 Å². The number of aryl methyl sites for hydroxylation is 2. The molecule has 0 fully saturated rings. The number of aromatic nitrogens is 1. The zero-order chi connectivity index (χ0) is 13.3. The van der Waals surface area contributed by atoms with E-state index in [1.807, 2.05) is 6.92 Å². The monoisotopic (exact) mass is 302 g/mol. The summed E-state index contributed by atoms with van der Waals surface area (Å²) in [4.78, 5) is 4.94. The molecule has 18 heavy (non-hydrogen) atoms. The number of pyridine rings is 1. The Bertz CT molecular complexity index is 680. The van der Waals surface area contributed by atoms with Gasteiger partial charge in [0, 0.05) is 4.88 Å². The van der Waals surface area contributed by atoms with E-state index in [9.17, 15) is 8.42 Å². The van der Waals surface area contributed by atoms with Crippen molar-refractivity contribution in [3.05, 3.63) is 40.0 Å². The van der Waals surface area contributed by atoms with E-state index < -0.39 is 10.0 Å². The minimum absolute atomic E-state index is 0.286. The van der Waals surface area contributed by atoms with Crippen molar-refractivity contribution >= 4 is 38.6 Å². The fraction of sp³-hybridized carbons (Fsp3) is 0.182. The molecule has 0 amide bonds. The first-order valence-corrected chi connectivity index (χ1v) is 7.79. The van der Waals surface area contributed by atoms with Gasteiger partial charge in [-0.15, -0.1) is 11.3 Å². The van der Waals surface area contributed by atoms with E-state index >= 15 is 0 Å². The van der Waals surface area contributed by atoms with Crippen molar-refractivity contribution in [3.63, 3.8) is 0 Å². The molecule has 0 aliphatic carbocycles. The van der Waals surface area contributed by atoms with Gasteiger partial charge in [-0.2, -0.15) is 0 Å². The molecular weight excluding hydrogens is 292 g/mol. The quantitative estimate of drug-likeness (QED) is 0.886. The lowest BCUT2D eigenvalue weighted by Gasteiger charge is -2.08. The van der Waals surface area contributed by atoms with Crippen LogP contribution in [0.25, 0.3) is 0 Å². The molecule has 0 atom stereocenters. The number of thiophene rings is 1. The molecule has 7 heteroatoms. The Labute approximate surface area is 115 Å². The molecule has 2 heterocycles. The van der Waals surface area contributed by atoms with Gasteiger partial charge in [-0.25, -0.2) is 13.4 Å². The first kappa shape index (κ1) is 13.3. The Balaban J connectivity index is 2.33. The number of hydrogen-bond donors (Lipinski definition) is 1. The highest BCUT2D eigenvalue weighted by Gasteiger charge is 2.17. The second-order valence-electron chi connectivity index (χ2n) is 3.74. The van der Waals surface area contributed by atoms with Gasteiger partial charge in [0.2, 0.25) is 0 Å². The summed E-state index contributed by atoms with van der Waals surface area (Å²) < 4.78 is 27.0. The smallest absolute Gasteiger partial charge is 0.271 e. The predicted molar refractivity (Wildman–Crippen MR) is 73.8 cm³/mol. The number of nitrogens with zero attached hydrogens (tertiary/aromatic N) is 1. The third-order valence-corrected chi connectivity index (χ3v) is 5.35. The number of hydrogen-bond acceptors (Lipinski definition) is 4. The lowest BCUT2D eigenvalue weighted by Crippen LogP contribution is -2.12. The minimum Gasteiger partial charge on any atom is -0.277 e. The third kappa shape index (κ3) is 2.82. The summed E-state index contributed by atoms with van der Waals surface area (Å²) in [6.45, 7) is 3.56. The zero-order valence-corrected chi connectivity index (χ0v) is 12.2. The molecule has 2 aromatic heterocycles. The van der Waals surface area contributed by atoms with Crippen molar-refractivity contribution in [1.29, 1.82) is 0 Å². The molecule has 0 bridgehead atoms. The molecule has 0 spiro atoms.